The summed E-state index contributed by atoms with van der Waals surface area (Å²) in [5.74, 6) is 0. The minimum absolute atomic E-state index is 0. The second kappa shape index (κ2) is 18.0. The Morgan fingerprint density at radius 1 is 1.60 bits per heavy atom. The molecular formula is C2H5IMgO. The SMILES string of the molecule is CC[O-].[I-].[Mg+2]. The van der Waals surface area contributed by atoms with Gasteiger partial charge in [0.05, 0.1) is 0 Å². The summed E-state index contributed by atoms with van der Waals surface area (Å²) in [6.45, 7) is 1.57. The van der Waals surface area contributed by atoms with Gasteiger partial charge in [-0.2, -0.15) is 0 Å². The van der Waals surface area contributed by atoms with Crippen LogP contribution in [0.2, 0.25) is 0 Å². The van der Waals surface area contributed by atoms with Crippen LogP contribution in [0.1, 0.15) is 6.92 Å². The molecule has 0 atom stereocenters. The second-order valence-electron chi connectivity index (χ2n) is 0.289. The molecular weight excluding hydrogens is 191 g/mol. The molecule has 0 unspecified atom stereocenters. The fraction of sp³-hybridized carbons (Fsp3) is 1.00. The first-order valence-corrected chi connectivity index (χ1v) is 0.996. The summed E-state index contributed by atoms with van der Waals surface area (Å²) >= 11 is 0. The maximum atomic E-state index is 8.93. The van der Waals surface area contributed by atoms with Gasteiger partial charge < -0.3 is 29.1 Å². The summed E-state index contributed by atoms with van der Waals surface area (Å²) in [5.41, 5.74) is 0. The van der Waals surface area contributed by atoms with Crippen molar-refractivity contribution < 1.29 is 29.1 Å². The summed E-state index contributed by atoms with van der Waals surface area (Å²) in [6.07, 6.45) is 0. The van der Waals surface area contributed by atoms with Crippen molar-refractivity contribution in [3.63, 3.8) is 0 Å². The molecule has 0 bridgehead atoms. The Kier molecular flexibility index (Phi) is 57.8. The molecule has 0 aliphatic rings. The van der Waals surface area contributed by atoms with Gasteiger partial charge in [-0.15, -0.1) is 6.61 Å². The molecule has 0 N–H and O–H groups in total. The molecule has 0 saturated carbocycles. The van der Waals surface area contributed by atoms with Gasteiger partial charge in [-0.25, -0.2) is 0 Å². The zero-order valence-corrected chi connectivity index (χ0v) is 6.77. The van der Waals surface area contributed by atoms with Crippen LogP contribution < -0.4 is 29.1 Å². The van der Waals surface area contributed by atoms with Crippen molar-refractivity contribution in [1.82, 2.24) is 0 Å². The quantitative estimate of drug-likeness (QED) is 0.286. The number of rotatable bonds is 0. The van der Waals surface area contributed by atoms with Crippen molar-refractivity contribution in [2.24, 2.45) is 0 Å². The minimum Gasteiger partial charge on any atom is -1.00 e. The molecule has 0 saturated heterocycles. The molecule has 0 heterocycles. The Labute approximate surface area is 65.3 Å². The average Bonchev–Trinajstić information content (AvgIpc) is 0.918. The zero-order chi connectivity index (χ0) is 2.71. The second-order valence-corrected chi connectivity index (χ2v) is 0.289. The average molecular weight is 196 g/mol. The standard InChI is InChI=1S/C2H5O.HI.Mg/c1-2-3;;/h2H2,1H3;1H;/q-1;;+2/p-1. The molecule has 0 amide bonds. The Balaban J connectivity index is -0.0000000200. The topological polar surface area (TPSA) is 23.1 Å². The van der Waals surface area contributed by atoms with E-state index in [0.717, 1.165) is 0 Å². The van der Waals surface area contributed by atoms with Crippen LogP contribution in [-0.2, 0) is 0 Å². The molecule has 0 rings (SSSR count). The van der Waals surface area contributed by atoms with Crippen LogP contribution in [0.5, 0.6) is 0 Å². The van der Waals surface area contributed by atoms with E-state index in [-0.39, 0.29) is 53.6 Å². The van der Waals surface area contributed by atoms with E-state index in [1.165, 1.54) is 0 Å². The van der Waals surface area contributed by atoms with Gasteiger partial charge in [-0.1, -0.05) is 6.92 Å². The van der Waals surface area contributed by atoms with E-state index < -0.39 is 0 Å². The molecule has 1 nitrogen and oxygen atoms in total. The van der Waals surface area contributed by atoms with Crippen molar-refractivity contribution in [2.75, 3.05) is 6.61 Å². The summed E-state index contributed by atoms with van der Waals surface area (Å²) in [7, 11) is 0. The fourth-order valence-corrected chi connectivity index (χ4v) is 0. The molecule has 0 radical (unpaired) electrons. The molecule has 5 heavy (non-hydrogen) atoms. The third-order valence-corrected chi connectivity index (χ3v) is 0. The van der Waals surface area contributed by atoms with Crippen LogP contribution in [0, 0.1) is 0 Å². The van der Waals surface area contributed by atoms with E-state index in [9.17, 15) is 0 Å². The number of hydrogen-bond acceptors (Lipinski definition) is 1. The summed E-state index contributed by atoms with van der Waals surface area (Å²) in [5, 5.41) is 8.93. The first kappa shape index (κ1) is 16.1. The smallest absolute Gasteiger partial charge is 1.00 e. The molecule has 0 aromatic rings. The van der Waals surface area contributed by atoms with Gasteiger partial charge in [-0.3, -0.25) is 0 Å². The molecule has 0 spiro atoms. The predicted molar refractivity (Wildman–Crippen MR) is 16.3 cm³/mol. The maximum absolute atomic E-state index is 8.93. The van der Waals surface area contributed by atoms with Crippen molar-refractivity contribution >= 4 is 23.1 Å². The molecule has 0 aromatic carbocycles. The van der Waals surface area contributed by atoms with E-state index in [1.807, 2.05) is 0 Å². The largest absolute Gasteiger partial charge is 2.00 e. The summed E-state index contributed by atoms with van der Waals surface area (Å²) < 4.78 is 0. The Morgan fingerprint density at radius 2 is 1.60 bits per heavy atom. The summed E-state index contributed by atoms with van der Waals surface area (Å²) in [6, 6.07) is 0. The number of halogens is 1. The van der Waals surface area contributed by atoms with Crippen molar-refractivity contribution in [3.05, 3.63) is 0 Å². The Bertz CT molecular complexity index is 9.61. The van der Waals surface area contributed by atoms with Gasteiger partial charge in [-0.05, 0) is 0 Å². The van der Waals surface area contributed by atoms with Crippen molar-refractivity contribution in [2.45, 2.75) is 6.92 Å². The first-order valence-electron chi connectivity index (χ1n) is 0.996. The van der Waals surface area contributed by atoms with E-state index >= 15 is 0 Å². The third kappa shape index (κ3) is 30.7. The van der Waals surface area contributed by atoms with Gasteiger partial charge in [0.25, 0.3) is 0 Å². The van der Waals surface area contributed by atoms with Crippen LogP contribution in [-0.4, -0.2) is 29.7 Å². The van der Waals surface area contributed by atoms with Gasteiger partial charge in [0.2, 0.25) is 0 Å². The summed E-state index contributed by atoms with van der Waals surface area (Å²) in [4.78, 5) is 0. The van der Waals surface area contributed by atoms with E-state index in [4.69, 9.17) is 5.11 Å². The molecule has 0 aliphatic heterocycles. The van der Waals surface area contributed by atoms with Crippen LogP contribution in [0.4, 0.5) is 0 Å². The van der Waals surface area contributed by atoms with Crippen molar-refractivity contribution in [3.8, 4) is 0 Å². The molecule has 0 aliphatic carbocycles. The van der Waals surface area contributed by atoms with Gasteiger partial charge >= 0.3 is 23.1 Å². The molecule has 0 aromatic heterocycles. The third-order valence-electron chi connectivity index (χ3n) is 0. The van der Waals surface area contributed by atoms with Crippen molar-refractivity contribution in [1.29, 1.82) is 0 Å². The normalized spacial score (nSPS) is 3.60. The molecule has 0 fully saturated rings. The number of hydrogen-bond donors (Lipinski definition) is 0. The Hall–Kier alpha value is 1.46. The van der Waals surface area contributed by atoms with Gasteiger partial charge in [0.15, 0.2) is 0 Å². The first-order chi connectivity index (χ1) is 1.41. The fourth-order valence-electron chi connectivity index (χ4n) is 0. The van der Waals surface area contributed by atoms with Crippen LogP contribution >= 0.6 is 0 Å². The Morgan fingerprint density at radius 3 is 1.60 bits per heavy atom. The van der Waals surface area contributed by atoms with E-state index in [0.29, 0.717) is 0 Å². The monoisotopic (exact) mass is 196 g/mol. The van der Waals surface area contributed by atoms with Crippen LogP contribution in [0.15, 0.2) is 0 Å². The van der Waals surface area contributed by atoms with Gasteiger partial charge in [0.1, 0.15) is 0 Å². The van der Waals surface area contributed by atoms with Crippen LogP contribution in [0.3, 0.4) is 0 Å². The maximum Gasteiger partial charge on any atom is 2.00 e. The van der Waals surface area contributed by atoms with Crippen LogP contribution in [0.25, 0.3) is 0 Å². The minimum atomic E-state index is 0. The van der Waals surface area contributed by atoms with E-state index in [2.05, 4.69) is 0 Å². The zero-order valence-electron chi connectivity index (χ0n) is 3.20. The molecule has 3 heteroatoms. The predicted octanol–water partition coefficient (Wildman–Crippen LogP) is -4.01. The molecule has 28 valence electrons. The van der Waals surface area contributed by atoms with E-state index in [1.54, 1.807) is 6.92 Å². The van der Waals surface area contributed by atoms with Gasteiger partial charge in [0, 0.05) is 0 Å².